The minimum absolute atomic E-state index is 0.0242. The molecule has 0 atom stereocenters. The molecule has 160 valence electrons. The van der Waals surface area contributed by atoms with Gasteiger partial charge in [0.05, 0.1) is 24.8 Å². The van der Waals surface area contributed by atoms with Gasteiger partial charge in [-0.3, -0.25) is 0 Å². The Bertz CT molecular complexity index is 1090. The van der Waals surface area contributed by atoms with Crippen LogP contribution in [0.4, 0.5) is 10.1 Å². The van der Waals surface area contributed by atoms with E-state index in [9.17, 15) is 14.0 Å². The number of allylic oxidation sites excluding steroid dienone is 2. The van der Waals surface area contributed by atoms with Crippen LogP contribution in [0.3, 0.4) is 0 Å². The summed E-state index contributed by atoms with van der Waals surface area (Å²) < 4.78 is 28.7. The second kappa shape index (κ2) is 9.95. The quantitative estimate of drug-likeness (QED) is 0.610. The highest BCUT2D eigenvalue weighted by molar-refractivity contribution is 6.32. The van der Waals surface area contributed by atoms with Gasteiger partial charge in [0.1, 0.15) is 23.9 Å². The molecule has 0 aliphatic carbocycles. The van der Waals surface area contributed by atoms with Gasteiger partial charge in [-0.1, -0.05) is 29.8 Å². The maximum Gasteiger partial charge on any atom is 0.355 e. The monoisotopic (exact) mass is 443 g/mol. The van der Waals surface area contributed by atoms with Crippen LogP contribution in [-0.4, -0.2) is 26.2 Å². The van der Waals surface area contributed by atoms with Crippen LogP contribution in [0.1, 0.15) is 5.56 Å². The summed E-state index contributed by atoms with van der Waals surface area (Å²) in [5.41, 5.74) is 1.15. The standard InChI is InChI=1S/C23H19ClFNO5/c1-29-22(27)18-8-3-4-11-26(21(18)23(28)30-2)17-9-10-20(19(24)13-17)31-14-15-6-5-7-16(25)12-15/h3-13H,14H2,1-2H3. The molecule has 0 saturated carbocycles. The first-order chi connectivity index (χ1) is 14.9. The van der Waals surface area contributed by atoms with Gasteiger partial charge in [-0.25, -0.2) is 14.0 Å². The van der Waals surface area contributed by atoms with Crippen LogP contribution in [0.25, 0.3) is 0 Å². The lowest BCUT2D eigenvalue weighted by atomic mass is 10.1. The Labute approximate surface area is 183 Å². The molecular formula is C23H19ClFNO5. The summed E-state index contributed by atoms with van der Waals surface area (Å²) >= 11 is 6.38. The molecule has 0 aromatic heterocycles. The number of nitrogens with zero attached hydrogens (tertiary/aromatic N) is 1. The molecule has 0 bridgehead atoms. The zero-order valence-electron chi connectivity index (χ0n) is 16.8. The predicted octanol–water partition coefficient (Wildman–Crippen LogP) is 4.55. The summed E-state index contributed by atoms with van der Waals surface area (Å²) in [7, 11) is 2.44. The fraction of sp³-hybridized carbons (Fsp3) is 0.130. The first-order valence-electron chi connectivity index (χ1n) is 9.16. The van der Waals surface area contributed by atoms with Gasteiger partial charge in [0.2, 0.25) is 0 Å². The number of anilines is 1. The number of carbonyl (C=O) groups is 2. The highest BCUT2D eigenvalue weighted by Crippen LogP contribution is 2.33. The SMILES string of the molecule is COC(=O)C1=C(C(=O)OC)N(c2ccc(OCc3cccc(F)c3)c(Cl)c2)C=CC=C1. The summed E-state index contributed by atoms with van der Waals surface area (Å²) in [6, 6.07) is 10.9. The van der Waals surface area contributed by atoms with E-state index in [4.69, 9.17) is 25.8 Å². The lowest BCUT2D eigenvalue weighted by molar-refractivity contribution is -0.139. The van der Waals surface area contributed by atoms with E-state index in [-0.39, 0.29) is 28.7 Å². The third-order valence-corrected chi connectivity index (χ3v) is 4.66. The van der Waals surface area contributed by atoms with E-state index in [1.165, 1.54) is 37.3 Å². The van der Waals surface area contributed by atoms with Crippen molar-refractivity contribution in [3.63, 3.8) is 0 Å². The molecule has 1 aliphatic heterocycles. The first kappa shape index (κ1) is 22.1. The lowest BCUT2D eigenvalue weighted by Crippen LogP contribution is -2.26. The van der Waals surface area contributed by atoms with Crippen LogP contribution in [-0.2, 0) is 25.7 Å². The van der Waals surface area contributed by atoms with Crippen molar-refractivity contribution in [2.24, 2.45) is 0 Å². The molecule has 2 aromatic rings. The summed E-state index contributed by atoms with van der Waals surface area (Å²) in [6.07, 6.45) is 6.32. The maximum atomic E-state index is 13.3. The van der Waals surface area contributed by atoms with Crippen LogP contribution in [0.5, 0.6) is 5.75 Å². The van der Waals surface area contributed by atoms with Crippen LogP contribution in [0, 0.1) is 5.82 Å². The Morgan fingerprint density at radius 2 is 1.81 bits per heavy atom. The van der Waals surface area contributed by atoms with Gasteiger partial charge >= 0.3 is 11.9 Å². The highest BCUT2D eigenvalue weighted by atomic mass is 35.5. The average molecular weight is 444 g/mol. The largest absolute Gasteiger partial charge is 0.487 e. The fourth-order valence-electron chi connectivity index (χ4n) is 2.91. The molecule has 3 rings (SSSR count). The van der Waals surface area contributed by atoms with Crippen molar-refractivity contribution in [2.75, 3.05) is 19.1 Å². The number of esters is 2. The van der Waals surface area contributed by atoms with Gasteiger partial charge in [-0.05, 0) is 48.0 Å². The van der Waals surface area contributed by atoms with Gasteiger partial charge in [-0.2, -0.15) is 0 Å². The van der Waals surface area contributed by atoms with Gasteiger partial charge < -0.3 is 19.1 Å². The van der Waals surface area contributed by atoms with Crippen molar-refractivity contribution in [2.45, 2.75) is 6.61 Å². The zero-order valence-corrected chi connectivity index (χ0v) is 17.6. The normalized spacial score (nSPS) is 13.1. The van der Waals surface area contributed by atoms with Crippen LogP contribution >= 0.6 is 11.6 Å². The first-order valence-corrected chi connectivity index (χ1v) is 9.54. The molecule has 0 N–H and O–H groups in total. The minimum atomic E-state index is -0.723. The van der Waals surface area contributed by atoms with E-state index >= 15 is 0 Å². The molecule has 0 saturated heterocycles. The Hall–Kier alpha value is -3.58. The Kier molecular flexibility index (Phi) is 7.10. The molecule has 1 heterocycles. The minimum Gasteiger partial charge on any atom is -0.487 e. The summed E-state index contributed by atoms with van der Waals surface area (Å²) in [4.78, 5) is 26.2. The molecule has 6 nitrogen and oxygen atoms in total. The molecule has 31 heavy (non-hydrogen) atoms. The van der Waals surface area contributed by atoms with Gasteiger partial charge in [-0.15, -0.1) is 0 Å². The number of benzene rings is 2. The van der Waals surface area contributed by atoms with E-state index < -0.39 is 11.9 Å². The van der Waals surface area contributed by atoms with Crippen molar-refractivity contribution in [3.8, 4) is 5.75 Å². The molecule has 0 fully saturated rings. The van der Waals surface area contributed by atoms with Crippen LogP contribution < -0.4 is 9.64 Å². The smallest absolute Gasteiger partial charge is 0.355 e. The summed E-state index contributed by atoms with van der Waals surface area (Å²) in [6.45, 7) is 0.129. The third kappa shape index (κ3) is 5.13. The number of methoxy groups -OCH3 is 2. The second-order valence-corrected chi connectivity index (χ2v) is 6.76. The van der Waals surface area contributed by atoms with Crippen molar-refractivity contribution in [1.82, 2.24) is 0 Å². The Morgan fingerprint density at radius 1 is 1.03 bits per heavy atom. The number of ether oxygens (including phenoxy) is 3. The van der Waals surface area contributed by atoms with Crippen LogP contribution in [0.15, 0.2) is 78.2 Å². The van der Waals surface area contributed by atoms with E-state index in [1.54, 1.807) is 48.7 Å². The molecule has 0 unspecified atom stereocenters. The molecule has 2 aromatic carbocycles. The average Bonchev–Trinajstić information content (AvgIpc) is 3.00. The molecule has 1 aliphatic rings. The second-order valence-electron chi connectivity index (χ2n) is 6.35. The van der Waals surface area contributed by atoms with Gasteiger partial charge in [0.15, 0.2) is 0 Å². The van der Waals surface area contributed by atoms with E-state index in [2.05, 4.69) is 0 Å². The van der Waals surface area contributed by atoms with Gasteiger partial charge in [0.25, 0.3) is 0 Å². The maximum absolute atomic E-state index is 13.3. The Morgan fingerprint density at radius 3 is 2.48 bits per heavy atom. The number of rotatable bonds is 6. The Balaban J connectivity index is 1.92. The summed E-state index contributed by atoms with van der Waals surface area (Å²) in [5.74, 6) is -1.39. The lowest BCUT2D eigenvalue weighted by Gasteiger charge is -2.23. The van der Waals surface area contributed by atoms with E-state index in [0.717, 1.165) is 0 Å². The fourth-order valence-corrected chi connectivity index (χ4v) is 3.14. The molecule has 0 amide bonds. The van der Waals surface area contributed by atoms with Gasteiger partial charge in [0, 0.05) is 11.9 Å². The highest BCUT2D eigenvalue weighted by Gasteiger charge is 2.27. The van der Waals surface area contributed by atoms with Crippen LogP contribution in [0.2, 0.25) is 5.02 Å². The van der Waals surface area contributed by atoms with Crippen molar-refractivity contribution >= 4 is 29.2 Å². The third-order valence-electron chi connectivity index (χ3n) is 4.37. The van der Waals surface area contributed by atoms with E-state index in [0.29, 0.717) is 17.0 Å². The van der Waals surface area contributed by atoms with Crippen molar-refractivity contribution < 1.29 is 28.2 Å². The summed E-state index contributed by atoms with van der Waals surface area (Å²) in [5, 5.41) is 0.267. The van der Waals surface area contributed by atoms with Crippen molar-refractivity contribution in [3.05, 3.63) is 94.6 Å². The number of hydrogen-bond acceptors (Lipinski definition) is 6. The number of hydrogen-bond donors (Lipinski definition) is 0. The topological polar surface area (TPSA) is 65.1 Å². The number of halogens is 2. The number of carbonyl (C=O) groups excluding carboxylic acids is 2. The molecular weight excluding hydrogens is 425 g/mol. The predicted molar refractivity (Wildman–Crippen MR) is 114 cm³/mol. The van der Waals surface area contributed by atoms with Crippen molar-refractivity contribution in [1.29, 1.82) is 0 Å². The molecule has 0 radical (unpaired) electrons. The molecule has 8 heteroatoms. The zero-order chi connectivity index (χ0) is 22.4. The molecule has 0 spiro atoms. The van der Waals surface area contributed by atoms with E-state index in [1.807, 2.05) is 0 Å².